The molecule has 0 unspecified atom stereocenters. The smallest absolute Gasteiger partial charge is 0.329 e. The van der Waals surface area contributed by atoms with Crippen LogP contribution in [-0.2, 0) is 33.4 Å². The lowest BCUT2D eigenvalue weighted by Crippen LogP contribution is -2.53. The number of nitrogens with one attached hydrogen (secondary N) is 3. The van der Waals surface area contributed by atoms with Crippen LogP contribution in [0.3, 0.4) is 0 Å². The zero-order valence-electron chi connectivity index (χ0n) is 25.2. The van der Waals surface area contributed by atoms with Crippen LogP contribution in [0.5, 0.6) is 0 Å². The predicted octanol–water partition coefficient (Wildman–Crippen LogP) is 3.42. The van der Waals surface area contributed by atoms with E-state index in [0.29, 0.717) is 12.8 Å². The van der Waals surface area contributed by atoms with Gasteiger partial charge in [0.05, 0.1) is 0 Å². The van der Waals surface area contributed by atoms with Crippen LogP contribution in [0.25, 0.3) is 10.4 Å². The van der Waals surface area contributed by atoms with Gasteiger partial charge in [0, 0.05) is 17.9 Å². The molecule has 0 aliphatic carbocycles. The summed E-state index contributed by atoms with van der Waals surface area (Å²) in [5, 5.41) is 10.8. The first-order valence-electron chi connectivity index (χ1n) is 13.2. The van der Waals surface area contributed by atoms with Gasteiger partial charge in [0.2, 0.25) is 5.91 Å². The highest BCUT2D eigenvalue weighted by atomic mass is 16.6. The van der Waals surface area contributed by atoms with E-state index in [4.69, 9.17) is 19.7 Å². The summed E-state index contributed by atoms with van der Waals surface area (Å²) in [5.74, 6) is -2.38. The van der Waals surface area contributed by atoms with Gasteiger partial charge < -0.3 is 30.2 Å². The Morgan fingerprint density at radius 2 is 1.23 bits per heavy atom. The van der Waals surface area contributed by atoms with Gasteiger partial charge in [-0.1, -0.05) is 5.11 Å². The van der Waals surface area contributed by atoms with E-state index in [1.165, 1.54) is 0 Å². The molecule has 3 N–H and O–H groups in total. The summed E-state index contributed by atoms with van der Waals surface area (Å²) in [6, 6.07) is -3.06. The van der Waals surface area contributed by atoms with Gasteiger partial charge in [0.15, 0.2) is 0 Å². The summed E-state index contributed by atoms with van der Waals surface area (Å²) < 4.78 is 16.1. The monoisotopic (exact) mass is 570 g/mol. The van der Waals surface area contributed by atoms with Gasteiger partial charge in [0.25, 0.3) is 0 Å². The largest absolute Gasteiger partial charge is 0.460 e. The molecule has 0 aliphatic rings. The molecule has 0 fully saturated rings. The van der Waals surface area contributed by atoms with Gasteiger partial charge in [-0.05, 0) is 93.5 Å². The van der Waals surface area contributed by atoms with E-state index in [1.54, 1.807) is 62.3 Å². The molecule has 40 heavy (non-hydrogen) atoms. The standard InChI is InChI=1S/C26H46N6O8/c1-24(2,3)38-20(34)14-13-18(22(36)40-26(7,8)9)31-23(37)30-17(21(35)39-25(4,5)6)12-10-11-15-28-19(33)16-29-32-27/h17-18H,10-16H2,1-9H3,(H,28,33)(H2,30,31,37)/t17-,18-/m0/s1. The van der Waals surface area contributed by atoms with E-state index >= 15 is 0 Å². The molecular formula is C26H46N6O8. The van der Waals surface area contributed by atoms with Crippen LogP contribution >= 0.6 is 0 Å². The van der Waals surface area contributed by atoms with Crippen molar-refractivity contribution in [2.45, 2.75) is 123 Å². The van der Waals surface area contributed by atoms with Crippen LogP contribution in [0.4, 0.5) is 4.79 Å². The molecule has 0 bridgehead atoms. The molecule has 0 radical (unpaired) electrons. The van der Waals surface area contributed by atoms with Crippen molar-refractivity contribution < 1.29 is 38.2 Å². The minimum absolute atomic E-state index is 0.0795. The minimum Gasteiger partial charge on any atom is -0.460 e. The van der Waals surface area contributed by atoms with E-state index in [0.717, 1.165) is 0 Å². The fraction of sp³-hybridized carbons (Fsp3) is 0.808. The second-order valence-corrected chi connectivity index (χ2v) is 12.1. The summed E-state index contributed by atoms with van der Waals surface area (Å²) >= 11 is 0. The van der Waals surface area contributed by atoms with Crippen molar-refractivity contribution in [3.8, 4) is 0 Å². The van der Waals surface area contributed by atoms with Crippen molar-refractivity contribution in [1.29, 1.82) is 0 Å². The van der Waals surface area contributed by atoms with Gasteiger partial charge in [-0.25, -0.2) is 14.4 Å². The molecule has 2 atom stereocenters. The first kappa shape index (κ1) is 36.5. The lowest BCUT2D eigenvalue weighted by atomic mass is 10.1. The molecule has 0 aromatic heterocycles. The third-order valence-electron chi connectivity index (χ3n) is 4.57. The maximum absolute atomic E-state index is 12.9. The fourth-order valence-electron chi connectivity index (χ4n) is 3.11. The van der Waals surface area contributed by atoms with E-state index in [1.807, 2.05) is 0 Å². The zero-order chi connectivity index (χ0) is 31.1. The molecule has 0 rings (SSSR count). The van der Waals surface area contributed by atoms with Crippen LogP contribution in [0, 0.1) is 0 Å². The molecule has 0 heterocycles. The Labute approximate surface area is 236 Å². The van der Waals surface area contributed by atoms with Crippen molar-refractivity contribution in [3.05, 3.63) is 10.4 Å². The SMILES string of the molecule is CC(C)(C)OC(=O)CC[C@H](NC(=O)N[C@@H](CCCCNC(=O)CN=[N+]=[N-])C(=O)OC(C)(C)C)C(=O)OC(C)(C)C. The van der Waals surface area contributed by atoms with Crippen LogP contribution < -0.4 is 16.0 Å². The number of carbonyl (C=O) groups excluding carboxylic acids is 5. The van der Waals surface area contributed by atoms with Gasteiger partial charge in [-0.2, -0.15) is 0 Å². The number of hydrogen-bond acceptors (Lipinski definition) is 9. The summed E-state index contributed by atoms with van der Waals surface area (Å²) in [6.07, 6.45) is 0.858. The van der Waals surface area contributed by atoms with Crippen molar-refractivity contribution in [1.82, 2.24) is 16.0 Å². The van der Waals surface area contributed by atoms with Gasteiger partial charge in [-0.3, -0.25) is 9.59 Å². The van der Waals surface area contributed by atoms with Crippen molar-refractivity contribution >= 4 is 29.8 Å². The number of esters is 3. The molecule has 0 aliphatic heterocycles. The van der Waals surface area contributed by atoms with Crippen LogP contribution in [0.2, 0.25) is 0 Å². The first-order valence-corrected chi connectivity index (χ1v) is 13.2. The Bertz CT molecular complexity index is 927. The number of urea groups is 1. The topological polar surface area (TPSA) is 198 Å². The number of carbonyl (C=O) groups is 5. The van der Waals surface area contributed by atoms with Gasteiger partial charge in [0.1, 0.15) is 35.4 Å². The zero-order valence-corrected chi connectivity index (χ0v) is 25.2. The summed E-state index contributed by atoms with van der Waals surface area (Å²) in [4.78, 5) is 64.8. The highest BCUT2D eigenvalue weighted by Gasteiger charge is 2.31. The molecule has 14 nitrogen and oxygen atoms in total. The van der Waals surface area contributed by atoms with Crippen molar-refractivity contribution in [2.24, 2.45) is 5.11 Å². The Balaban J connectivity index is 5.38. The molecule has 3 amide bonds. The number of hydrogen-bond donors (Lipinski definition) is 3. The van der Waals surface area contributed by atoms with E-state index in [2.05, 4.69) is 26.0 Å². The normalized spacial score (nSPS) is 13.1. The Morgan fingerprint density at radius 3 is 1.68 bits per heavy atom. The average Bonchev–Trinajstić information content (AvgIpc) is 2.75. The van der Waals surface area contributed by atoms with Crippen LogP contribution in [0.15, 0.2) is 5.11 Å². The number of ether oxygens (including phenoxy) is 3. The number of unbranched alkanes of at least 4 members (excludes halogenated alkanes) is 1. The Kier molecular flexibility index (Phi) is 15.1. The Morgan fingerprint density at radius 1 is 0.750 bits per heavy atom. The quantitative estimate of drug-likeness (QED) is 0.0704. The lowest BCUT2D eigenvalue weighted by molar-refractivity contribution is -0.159. The molecule has 0 aromatic carbocycles. The second kappa shape index (κ2) is 16.5. The third-order valence-corrected chi connectivity index (χ3v) is 4.57. The summed E-state index contributed by atoms with van der Waals surface area (Å²) in [6.45, 7) is 15.2. The Hall–Kier alpha value is -3.54. The highest BCUT2D eigenvalue weighted by Crippen LogP contribution is 2.15. The maximum atomic E-state index is 12.9. The first-order chi connectivity index (χ1) is 18.2. The molecule has 228 valence electrons. The molecule has 0 saturated heterocycles. The second-order valence-electron chi connectivity index (χ2n) is 12.1. The van der Waals surface area contributed by atoms with Crippen molar-refractivity contribution in [3.63, 3.8) is 0 Å². The van der Waals surface area contributed by atoms with Gasteiger partial charge >= 0.3 is 23.9 Å². The highest BCUT2D eigenvalue weighted by molar-refractivity contribution is 5.87. The molecular weight excluding hydrogens is 524 g/mol. The predicted molar refractivity (Wildman–Crippen MR) is 147 cm³/mol. The van der Waals surface area contributed by atoms with Crippen molar-refractivity contribution in [2.75, 3.05) is 13.1 Å². The third kappa shape index (κ3) is 19.5. The molecule has 0 saturated carbocycles. The number of amides is 3. The molecule has 14 heteroatoms. The minimum atomic E-state index is -1.18. The number of azide groups is 1. The van der Waals surface area contributed by atoms with E-state index < -0.39 is 58.7 Å². The van der Waals surface area contributed by atoms with Crippen LogP contribution in [0.1, 0.15) is 94.4 Å². The number of rotatable bonds is 14. The number of nitrogens with zero attached hydrogens (tertiary/aromatic N) is 3. The van der Waals surface area contributed by atoms with E-state index in [9.17, 15) is 24.0 Å². The van der Waals surface area contributed by atoms with E-state index in [-0.39, 0.29) is 32.4 Å². The average molecular weight is 571 g/mol. The molecule has 0 spiro atoms. The summed E-state index contributed by atoms with van der Waals surface area (Å²) in [5.41, 5.74) is 5.91. The molecule has 0 aromatic rings. The summed E-state index contributed by atoms with van der Waals surface area (Å²) in [7, 11) is 0. The maximum Gasteiger partial charge on any atom is 0.329 e. The van der Waals surface area contributed by atoms with Crippen LogP contribution in [-0.4, -0.2) is 71.8 Å². The van der Waals surface area contributed by atoms with Gasteiger partial charge in [-0.15, -0.1) is 0 Å². The lowest BCUT2D eigenvalue weighted by Gasteiger charge is -2.27. The fourth-order valence-corrected chi connectivity index (χ4v) is 3.11.